The Kier molecular flexibility index (Phi) is 6.21. The number of carbonyl (C=O) groups excluding carboxylic acids is 1. The van der Waals surface area contributed by atoms with Crippen LogP contribution in [0.1, 0.15) is 43.4 Å². The van der Waals surface area contributed by atoms with Gasteiger partial charge < -0.3 is 4.74 Å². The third-order valence-corrected chi connectivity index (χ3v) is 4.84. The number of carbonyl (C=O) groups is 1. The molecular weight excluding hydrogens is 346 g/mol. The van der Waals surface area contributed by atoms with Gasteiger partial charge in [-0.05, 0) is 55.0 Å². The monoisotopic (exact) mass is 367 g/mol. The summed E-state index contributed by atoms with van der Waals surface area (Å²) in [7, 11) is -3.59. The van der Waals surface area contributed by atoms with E-state index in [1.807, 2.05) is 6.92 Å². The third-order valence-electron chi connectivity index (χ3n) is 3.17. The molecule has 0 bridgehead atoms. The maximum atomic E-state index is 12.1. The van der Waals surface area contributed by atoms with Gasteiger partial charge in [0.15, 0.2) is 12.4 Å². The highest BCUT2D eigenvalue weighted by Gasteiger charge is 2.17. The number of nitrogens with one attached hydrogen (secondary N) is 1. The van der Waals surface area contributed by atoms with Gasteiger partial charge in [-0.25, -0.2) is 22.6 Å². The SMILES string of the molecule is CCCn1nnnc1COC(=O)c1ccc(S(=O)(=O)NC(C)C)cc1. The van der Waals surface area contributed by atoms with Crippen molar-refractivity contribution in [3.8, 4) is 0 Å². The number of hydrogen-bond donors (Lipinski definition) is 1. The van der Waals surface area contributed by atoms with Gasteiger partial charge in [0.2, 0.25) is 10.0 Å². The van der Waals surface area contributed by atoms with Gasteiger partial charge in [-0.1, -0.05) is 6.92 Å². The van der Waals surface area contributed by atoms with E-state index in [1.165, 1.54) is 24.3 Å². The number of sulfonamides is 1. The fourth-order valence-electron chi connectivity index (χ4n) is 2.07. The summed E-state index contributed by atoms with van der Waals surface area (Å²) in [6.45, 7) is 6.03. The molecule has 10 heteroatoms. The highest BCUT2D eigenvalue weighted by atomic mass is 32.2. The van der Waals surface area contributed by atoms with Crippen LogP contribution in [0.3, 0.4) is 0 Å². The van der Waals surface area contributed by atoms with Crippen molar-refractivity contribution in [1.29, 1.82) is 0 Å². The fourth-order valence-corrected chi connectivity index (χ4v) is 3.33. The quantitative estimate of drug-likeness (QED) is 0.695. The summed E-state index contributed by atoms with van der Waals surface area (Å²) in [5, 5.41) is 11.2. The first kappa shape index (κ1) is 19.0. The average molecular weight is 367 g/mol. The molecule has 0 spiro atoms. The standard InChI is InChI=1S/C15H21N5O4S/c1-4-9-20-14(16-18-19-20)10-24-15(21)12-5-7-13(8-6-12)25(22,23)17-11(2)3/h5-8,11,17H,4,9-10H2,1-3H3. The van der Waals surface area contributed by atoms with E-state index >= 15 is 0 Å². The number of ether oxygens (including phenoxy) is 1. The van der Waals surface area contributed by atoms with Crippen molar-refractivity contribution in [2.24, 2.45) is 0 Å². The van der Waals surface area contributed by atoms with Gasteiger partial charge in [0.05, 0.1) is 10.5 Å². The molecule has 2 rings (SSSR count). The zero-order valence-electron chi connectivity index (χ0n) is 14.3. The summed E-state index contributed by atoms with van der Waals surface area (Å²) in [6, 6.07) is 5.33. The topological polar surface area (TPSA) is 116 Å². The van der Waals surface area contributed by atoms with Crippen molar-refractivity contribution in [1.82, 2.24) is 24.9 Å². The number of aromatic nitrogens is 4. The lowest BCUT2D eigenvalue weighted by atomic mass is 10.2. The molecule has 0 unspecified atom stereocenters. The summed E-state index contributed by atoms with van der Waals surface area (Å²) < 4.78 is 33.3. The average Bonchev–Trinajstić information content (AvgIpc) is 2.99. The molecule has 25 heavy (non-hydrogen) atoms. The number of esters is 1. The summed E-state index contributed by atoms with van der Waals surface area (Å²) in [4.78, 5) is 12.2. The fraction of sp³-hybridized carbons (Fsp3) is 0.467. The molecule has 136 valence electrons. The van der Waals surface area contributed by atoms with E-state index in [-0.39, 0.29) is 23.1 Å². The minimum absolute atomic E-state index is 0.0548. The van der Waals surface area contributed by atoms with E-state index in [1.54, 1.807) is 18.5 Å². The molecule has 0 atom stereocenters. The van der Waals surface area contributed by atoms with Crippen LogP contribution in [0.5, 0.6) is 0 Å². The van der Waals surface area contributed by atoms with Crippen molar-refractivity contribution in [3.63, 3.8) is 0 Å². The second-order valence-corrected chi connectivity index (χ2v) is 7.41. The van der Waals surface area contributed by atoms with Crippen molar-refractivity contribution < 1.29 is 17.9 Å². The second kappa shape index (κ2) is 8.17. The predicted molar refractivity (Wildman–Crippen MR) is 89.1 cm³/mol. The van der Waals surface area contributed by atoms with E-state index in [2.05, 4.69) is 20.2 Å². The molecule has 1 heterocycles. The van der Waals surface area contributed by atoms with E-state index < -0.39 is 16.0 Å². The molecule has 0 aliphatic rings. The Morgan fingerprint density at radius 1 is 1.28 bits per heavy atom. The number of tetrazole rings is 1. The highest BCUT2D eigenvalue weighted by molar-refractivity contribution is 7.89. The zero-order valence-corrected chi connectivity index (χ0v) is 15.2. The Morgan fingerprint density at radius 3 is 2.56 bits per heavy atom. The summed E-state index contributed by atoms with van der Waals surface area (Å²) >= 11 is 0. The Morgan fingerprint density at radius 2 is 1.96 bits per heavy atom. The molecule has 1 aromatic heterocycles. The third kappa shape index (κ3) is 5.07. The van der Waals surface area contributed by atoms with Gasteiger partial charge in [-0.3, -0.25) is 0 Å². The molecule has 0 fully saturated rings. The molecule has 0 aliphatic carbocycles. The van der Waals surface area contributed by atoms with Crippen LogP contribution >= 0.6 is 0 Å². The number of nitrogens with zero attached hydrogens (tertiary/aromatic N) is 4. The lowest BCUT2D eigenvalue weighted by Crippen LogP contribution is -2.30. The molecule has 1 N–H and O–H groups in total. The van der Waals surface area contributed by atoms with E-state index in [0.717, 1.165) is 6.42 Å². The molecular formula is C15H21N5O4S. The molecule has 0 aliphatic heterocycles. The molecule has 0 amide bonds. The van der Waals surface area contributed by atoms with Gasteiger partial charge in [0, 0.05) is 12.6 Å². The maximum Gasteiger partial charge on any atom is 0.338 e. The van der Waals surface area contributed by atoms with Crippen LogP contribution in [-0.2, 0) is 27.9 Å². The number of aryl methyl sites for hydroxylation is 1. The summed E-state index contributed by atoms with van der Waals surface area (Å²) in [5.41, 5.74) is 0.248. The predicted octanol–water partition coefficient (Wildman–Crippen LogP) is 1.13. The van der Waals surface area contributed by atoms with E-state index in [9.17, 15) is 13.2 Å². The first-order valence-corrected chi connectivity index (χ1v) is 9.36. The summed E-state index contributed by atoms with van der Waals surface area (Å²) in [5.74, 6) is -0.123. The van der Waals surface area contributed by atoms with Gasteiger partial charge in [-0.15, -0.1) is 5.10 Å². The van der Waals surface area contributed by atoms with Crippen LogP contribution in [-0.4, -0.2) is 40.6 Å². The van der Waals surface area contributed by atoms with Gasteiger partial charge >= 0.3 is 5.97 Å². The Balaban J connectivity index is 2.02. The second-order valence-electron chi connectivity index (χ2n) is 5.69. The molecule has 0 saturated carbocycles. The first-order chi connectivity index (χ1) is 11.8. The van der Waals surface area contributed by atoms with Crippen molar-refractivity contribution in [2.75, 3.05) is 0 Å². The van der Waals surface area contributed by atoms with Crippen LogP contribution in [0.15, 0.2) is 29.2 Å². The smallest absolute Gasteiger partial charge is 0.338 e. The van der Waals surface area contributed by atoms with E-state index in [0.29, 0.717) is 12.4 Å². The number of rotatable bonds is 8. The van der Waals surface area contributed by atoms with Gasteiger partial charge in [0.1, 0.15) is 0 Å². The van der Waals surface area contributed by atoms with Crippen LogP contribution < -0.4 is 4.72 Å². The molecule has 0 saturated heterocycles. The van der Waals surface area contributed by atoms with Crippen LogP contribution in [0, 0.1) is 0 Å². The Hall–Kier alpha value is -2.33. The lowest BCUT2D eigenvalue weighted by Gasteiger charge is -2.10. The first-order valence-electron chi connectivity index (χ1n) is 7.88. The van der Waals surface area contributed by atoms with Crippen LogP contribution in [0.25, 0.3) is 0 Å². The Bertz CT molecular complexity index is 815. The Labute approximate surface area is 146 Å². The number of hydrogen-bond acceptors (Lipinski definition) is 7. The van der Waals surface area contributed by atoms with Gasteiger partial charge in [0.25, 0.3) is 0 Å². The van der Waals surface area contributed by atoms with Crippen molar-refractivity contribution in [2.45, 2.75) is 51.3 Å². The van der Waals surface area contributed by atoms with Crippen molar-refractivity contribution >= 4 is 16.0 Å². The zero-order chi connectivity index (χ0) is 18.4. The van der Waals surface area contributed by atoms with Crippen molar-refractivity contribution in [3.05, 3.63) is 35.7 Å². The maximum absolute atomic E-state index is 12.1. The van der Waals surface area contributed by atoms with E-state index in [4.69, 9.17) is 4.74 Å². The number of benzene rings is 1. The minimum Gasteiger partial charge on any atom is -0.454 e. The molecule has 9 nitrogen and oxygen atoms in total. The highest BCUT2D eigenvalue weighted by Crippen LogP contribution is 2.12. The molecule has 1 aromatic carbocycles. The lowest BCUT2D eigenvalue weighted by molar-refractivity contribution is 0.0456. The summed E-state index contributed by atoms with van der Waals surface area (Å²) in [6.07, 6.45) is 0.854. The van der Waals surface area contributed by atoms with Crippen LogP contribution in [0.2, 0.25) is 0 Å². The molecule has 0 radical (unpaired) electrons. The normalized spacial score (nSPS) is 11.7. The van der Waals surface area contributed by atoms with Gasteiger partial charge in [-0.2, -0.15) is 0 Å². The molecule has 2 aromatic rings. The van der Waals surface area contributed by atoms with Crippen LogP contribution in [0.4, 0.5) is 0 Å². The largest absolute Gasteiger partial charge is 0.454 e. The minimum atomic E-state index is -3.59.